The van der Waals surface area contributed by atoms with Crippen LogP contribution in [0.2, 0.25) is 10.0 Å². The van der Waals surface area contributed by atoms with Gasteiger partial charge in [-0.15, -0.1) is 0 Å². The van der Waals surface area contributed by atoms with Crippen LogP contribution in [0.25, 0.3) is 0 Å². The third-order valence-corrected chi connectivity index (χ3v) is 6.27. The largest absolute Gasteiger partial charge is 0.342 e. The van der Waals surface area contributed by atoms with Crippen LogP contribution in [0.15, 0.2) is 23.1 Å². The van der Waals surface area contributed by atoms with Gasteiger partial charge in [0, 0.05) is 33.1 Å². The average Bonchev–Trinajstić information content (AvgIpc) is 2.64. The van der Waals surface area contributed by atoms with Gasteiger partial charge in [0.2, 0.25) is 15.9 Å². The lowest BCUT2D eigenvalue weighted by Crippen LogP contribution is -2.36. The maximum Gasteiger partial charge on any atom is 0.246 e. The Labute approximate surface area is 134 Å². The van der Waals surface area contributed by atoms with E-state index in [9.17, 15) is 13.2 Å². The normalized spacial score (nSPS) is 17.6. The summed E-state index contributed by atoms with van der Waals surface area (Å²) in [6, 6.07) is 4.60. The standard InChI is InChI=1S/C13H16Cl2N2O3S/c1-10(18)16-6-3-7-17(9-8-16)21(19,20)13-11(14)4-2-5-12(13)15/h2,4-5H,3,6-9H2,1H3. The Morgan fingerprint density at radius 2 is 1.71 bits per heavy atom. The van der Waals surface area contributed by atoms with Gasteiger partial charge in [0.15, 0.2) is 0 Å². The van der Waals surface area contributed by atoms with Gasteiger partial charge in [-0.2, -0.15) is 4.31 Å². The molecule has 1 aromatic rings. The molecule has 116 valence electrons. The molecule has 0 N–H and O–H groups in total. The number of sulfonamides is 1. The van der Waals surface area contributed by atoms with E-state index in [1.807, 2.05) is 0 Å². The lowest BCUT2D eigenvalue weighted by Gasteiger charge is -2.22. The fourth-order valence-corrected chi connectivity index (χ4v) is 4.87. The molecule has 5 nitrogen and oxygen atoms in total. The molecule has 0 spiro atoms. The third kappa shape index (κ3) is 3.51. The summed E-state index contributed by atoms with van der Waals surface area (Å²) in [6.07, 6.45) is 0.584. The second kappa shape index (κ2) is 6.52. The summed E-state index contributed by atoms with van der Waals surface area (Å²) in [5, 5.41) is 0.213. The Morgan fingerprint density at radius 1 is 1.10 bits per heavy atom. The highest BCUT2D eigenvalue weighted by molar-refractivity contribution is 7.89. The Bertz CT molecular complexity index is 629. The van der Waals surface area contributed by atoms with Gasteiger partial charge in [-0.25, -0.2) is 8.42 Å². The Kier molecular flexibility index (Phi) is 5.14. The van der Waals surface area contributed by atoms with E-state index < -0.39 is 10.0 Å². The summed E-state index contributed by atoms with van der Waals surface area (Å²) in [4.78, 5) is 13.0. The molecule has 0 unspecified atom stereocenters. The Morgan fingerprint density at radius 3 is 2.29 bits per heavy atom. The van der Waals surface area contributed by atoms with Gasteiger partial charge in [-0.3, -0.25) is 4.79 Å². The fraction of sp³-hybridized carbons (Fsp3) is 0.462. The van der Waals surface area contributed by atoms with E-state index in [4.69, 9.17) is 23.2 Å². The van der Waals surface area contributed by atoms with Crippen molar-refractivity contribution in [2.45, 2.75) is 18.2 Å². The number of nitrogens with zero attached hydrogens (tertiary/aromatic N) is 2. The van der Waals surface area contributed by atoms with Crippen molar-refractivity contribution in [2.24, 2.45) is 0 Å². The summed E-state index contributed by atoms with van der Waals surface area (Å²) in [6.45, 7) is 2.99. The summed E-state index contributed by atoms with van der Waals surface area (Å²) in [5.41, 5.74) is 0. The highest BCUT2D eigenvalue weighted by Crippen LogP contribution is 2.31. The van der Waals surface area contributed by atoms with Crippen LogP contribution in [0.5, 0.6) is 0 Å². The Hall–Kier alpha value is -0.820. The summed E-state index contributed by atoms with van der Waals surface area (Å²) in [5.74, 6) is -0.0509. The molecule has 1 aliphatic rings. The molecule has 1 saturated heterocycles. The van der Waals surface area contributed by atoms with Crippen LogP contribution in [0.4, 0.5) is 0 Å². The molecule has 1 amide bonds. The monoisotopic (exact) mass is 350 g/mol. The van der Waals surface area contributed by atoms with Crippen molar-refractivity contribution in [2.75, 3.05) is 26.2 Å². The van der Waals surface area contributed by atoms with Crippen molar-refractivity contribution in [3.63, 3.8) is 0 Å². The van der Waals surface area contributed by atoms with E-state index in [0.717, 1.165) is 0 Å². The molecule has 2 rings (SSSR count). The quantitative estimate of drug-likeness (QED) is 0.821. The van der Waals surface area contributed by atoms with Crippen LogP contribution >= 0.6 is 23.2 Å². The maximum atomic E-state index is 12.7. The average molecular weight is 351 g/mol. The van der Waals surface area contributed by atoms with E-state index in [1.54, 1.807) is 11.0 Å². The number of carbonyl (C=O) groups excluding carboxylic acids is 1. The van der Waals surface area contributed by atoms with E-state index in [0.29, 0.717) is 26.1 Å². The minimum Gasteiger partial charge on any atom is -0.342 e. The molecular formula is C13H16Cl2N2O3S. The minimum atomic E-state index is -3.76. The van der Waals surface area contributed by atoms with Gasteiger partial charge in [0.25, 0.3) is 0 Å². The van der Waals surface area contributed by atoms with Crippen LogP contribution in [0.1, 0.15) is 13.3 Å². The number of hydrogen-bond acceptors (Lipinski definition) is 3. The molecule has 0 saturated carbocycles. The fourth-order valence-electron chi connectivity index (χ4n) is 2.31. The second-order valence-corrected chi connectivity index (χ2v) is 7.50. The van der Waals surface area contributed by atoms with Crippen LogP contribution < -0.4 is 0 Å². The first-order valence-corrected chi connectivity index (χ1v) is 8.73. The van der Waals surface area contributed by atoms with Crippen molar-refractivity contribution in [1.82, 2.24) is 9.21 Å². The predicted octanol–water partition coefficient (Wildman–Crippen LogP) is 2.24. The van der Waals surface area contributed by atoms with Crippen molar-refractivity contribution < 1.29 is 13.2 Å². The van der Waals surface area contributed by atoms with Gasteiger partial charge in [-0.1, -0.05) is 29.3 Å². The number of halogens is 2. The highest BCUT2D eigenvalue weighted by Gasteiger charge is 2.30. The summed E-state index contributed by atoms with van der Waals surface area (Å²) in [7, 11) is -3.76. The molecule has 1 aliphatic heterocycles. The maximum absolute atomic E-state index is 12.7. The predicted molar refractivity (Wildman–Crippen MR) is 82.1 cm³/mol. The van der Waals surface area contributed by atoms with Gasteiger partial charge in [0.05, 0.1) is 10.0 Å². The van der Waals surface area contributed by atoms with E-state index in [-0.39, 0.29) is 27.4 Å². The number of amides is 1. The van der Waals surface area contributed by atoms with Gasteiger partial charge in [-0.05, 0) is 18.6 Å². The van der Waals surface area contributed by atoms with E-state index in [2.05, 4.69) is 0 Å². The number of hydrogen-bond donors (Lipinski definition) is 0. The first-order chi connectivity index (χ1) is 9.84. The highest BCUT2D eigenvalue weighted by atomic mass is 35.5. The zero-order valence-electron chi connectivity index (χ0n) is 11.6. The molecule has 0 radical (unpaired) electrons. The second-order valence-electron chi connectivity index (χ2n) is 4.81. The smallest absolute Gasteiger partial charge is 0.246 e. The molecule has 8 heteroatoms. The summed E-state index contributed by atoms with van der Waals surface area (Å²) >= 11 is 12.0. The lowest BCUT2D eigenvalue weighted by atomic mass is 10.4. The zero-order valence-corrected chi connectivity index (χ0v) is 13.9. The lowest BCUT2D eigenvalue weighted by molar-refractivity contribution is -0.128. The van der Waals surface area contributed by atoms with Crippen molar-refractivity contribution in [3.8, 4) is 0 Å². The van der Waals surface area contributed by atoms with Crippen LogP contribution in [0, 0.1) is 0 Å². The zero-order chi connectivity index (χ0) is 15.6. The molecule has 0 aromatic heterocycles. The number of carbonyl (C=O) groups is 1. The third-order valence-electron chi connectivity index (χ3n) is 3.42. The van der Waals surface area contributed by atoms with Gasteiger partial charge < -0.3 is 4.90 Å². The molecule has 21 heavy (non-hydrogen) atoms. The Balaban J connectivity index is 2.30. The molecular weight excluding hydrogens is 335 g/mol. The molecule has 1 heterocycles. The molecule has 0 bridgehead atoms. The topological polar surface area (TPSA) is 57.7 Å². The number of benzene rings is 1. The van der Waals surface area contributed by atoms with Crippen molar-refractivity contribution >= 4 is 39.1 Å². The minimum absolute atomic E-state index is 0.0509. The van der Waals surface area contributed by atoms with Crippen LogP contribution in [-0.4, -0.2) is 49.7 Å². The van der Waals surface area contributed by atoms with E-state index >= 15 is 0 Å². The van der Waals surface area contributed by atoms with Gasteiger partial charge in [0.1, 0.15) is 4.90 Å². The van der Waals surface area contributed by atoms with E-state index in [1.165, 1.54) is 23.4 Å². The summed E-state index contributed by atoms with van der Waals surface area (Å²) < 4.78 is 26.8. The van der Waals surface area contributed by atoms with Gasteiger partial charge >= 0.3 is 0 Å². The SMILES string of the molecule is CC(=O)N1CCCN(S(=O)(=O)c2c(Cl)cccc2Cl)CC1. The first-order valence-electron chi connectivity index (χ1n) is 6.53. The molecule has 1 aromatic carbocycles. The number of rotatable bonds is 2. The van der Waals surface area contributed by atoms with Crippen molar-refractivity contribution in [3.05, 3.63) is 28.2 Å². The van der Waals surface area contributed by atoms with Crippen LogP contribution in [-0.2, 0) is 14.8 Å². The molecule has 0 atom stereocenters. The molecule has 1 fully saturated rings. The van der Waals surface area contributed by atoms with Crippen LogP contribution in [0.3, 0.4) is 0 Å². The van der Waals surface area contributed by atoms with Crippen molar-refractivity contribution in [1.29, 1.82) is 0 Å². The first kappa shape index (κ1) is 16.5. The molecule has 0 aliphatic carbocycles.